The van der Waals surface area contributed by atoms with Gasteiger partial charge in [0.25, 0.3) is 0 Å². The van der Waals surface area contributed by atoms with Gasteiger partial charge in [0.15, 0.2) is 0 Å². The molecular weight excluding hydrogens is 300 g/mol. The molecule has 0 aromatic heterocycles. The number of amides is 1. The molecule has 0 radical (unpaired) electrons. The molecule has 5 heteroatoms. The minimum atomic E-state index is -0.459. The van der Waals surface area contributed by atoms with Crippen molar-refractivity contribution < 1.29 is 9.53 Å². The van der Waals surface area contributed by atoms with Crippen LogP contribution in [-0.2, 0) is 4.74 Å². The number of hydrogen-bond acceptors (Lipinski definition) is 3. The Morgan fingerprint density at radius 2 is 1.82 bits per heavy atom. The molecule has 2 N–H and O–H groups in total. The predicted molar refractivity (Wildman–Crippen MR) is 90.5 cm³/mol. The van der Waals surface area contributed by atoms with Crippen molar-refractivity contribution >= 4 is 23.4 Å². The van der Waals surface area contributed by atoms with Crippen molar-refractivity contribution in [1.82, 2.24) is 5.32 Å². The molecule has 0 bridgehead atoms. The Labute approximate surface area is 137 Å². The highest BCUT2D eigenvalue weighted by Gasteiger charge is 2.25. The molecule has 0 aliphatic heterocycles. The first-order valence-corrected chi connectivity index (χ1v) is 8.21. The molecule has 0 heterocycles. The zero-order valence-electron chi connectivity index (χ0n) is 13.5. The quantitative estimate of drug-likeness (QED) is 0.855. The highest BCUT2D eigenvalue weighted by molar-refractivity contribution is 6.30. The largest absolute Gasteiger partial charge is 0.444 e. The number of benzene rings is 1. The van der Waals surface area contributed by atoms with Gasteiger partial charge in [-0.3, -0.25) is 0 Å². The average molecular weight is 325 g/mol. The second-order valence-electron chi connectivity index (χ2n) is 6.86. The third-order valence-electron chi connectivity index (χ3n) is 3.61. The molecule has 1 amide bonds. The van der Waals surface area contributed by atoms with Gasteiger partial charge in [0, 0.05) is 22.8 Å². The lowest BCUT2D eigenvalue weighted by atomic mass is 9.91. The second kappa shape index (κ2) is 7.23. The SMILES string of the molecule is CC(C)(C)OC(=O)NC1CCCC(Nc2ccc(Cl)cc2)C1. The Morgan fingerprint density at radius 1 is 1.18 bits per heavy atom. The van der Waals surface area contributed by atoms with Gasteiger partial charge in [-0.05, 0) is 70.7 Å². The Morgan fingerprint density at radius 3 is 2.45 bits per heavy atom. The van der Waals surface area contributed by atoms with Crippen LogP contribution in [0.2, 0.25) is 5.02 Å². The summed E-state index contributed by atoms with van der Waals surface area (Å²) in [7, 11) is 0. The summed E-state index contributed by atoms with van der Waals surface area (Å²) >= 11 is 5.90. The Balaban J connectivity index is 1.83. The summed E-state index contributed by atoms with van der Waals surface area (Å²) in [6.07, 6.45) is 3.77. The molecule has 1 saturated carbocycles. The summed E-state index contributed by atoms with van der Waals surface area (Å²) in [6.45, 7) is 5.62. The number of ether oxygens (including phenoxy) is 1. The second-order valence-corrected chi connectivity index (χ2v) is 7.29. The molecule has 1 fully saturated rings. The van der Waals surface area contributed by atoms with Gasteiger partial charge >= 0.3 is 6.09 Å². The minimum Gasteiger partial charge on any atom is -0.444 e. The maximum atomic E-state index is 11.9. The third-order valence-corrected chi connectivity index (χ3v) is 3.86. The number of nitrogens with one attached hydrogen (secondary N) is 2. The van der Waals surface area contributed by atoms with Gasteiger partial charge in [-0.25, -0.2) is 4.79 Å². The zero-order chi connectivity index (χ0) is 16.2. The fourth-order valence-electron chi connectivity index (χ4n) is 2.71. The maximum Gasteiger partial charge on any atom is 0.407 e. The maximum absolute atomic E-state index is 11.9. The minimum absolute atomic E-state index is 0.161. The summed E-state index contributed by atoms with van der Waals surface area (Å²) in [5.41, 5.74) is 0.604. The molecule has 0 spiro atoms. The number of rotatable bonds is 3. The number of halogens is 1. The van der Waals surface area contributed by atoms with Crippen molar-refractivity contribution in [1.29, 1.82) is 0 Å². The van der Waals surface area contributed by atoms with Crippen LogP contribution >= 0.6 is 11.6 Å². The Hall–Kier alpha value is -1.42. The molecule has 1 aromatic carbocycles. The van der Waals surface area contributed by atoms with E-state index in [1.165, 1.54) is 0 Å². The molecule has 2 rings (SSSR count). The van der Waals surface area contributed by atoms with E-state index in [0.29, 0.717) is 6.04 Å². The van der Waals surface area contributed by atoms with Crippen LogP contribution in [0.15, 0.2) is 24.3 Å². The normalized spacial score (nSPS) is 22.0. The first-order chi connectivity index (χ1) is 10.3. The molecule has 1 aliphatic rings. The number of hydrogen-bond donors (Lipinski definition) is 2. The van der Waals surface area contributed by atoms with Crippen molar-refractivity contribution in [3.8, 4) is 0 Å². The fourth-order valence-corrected chi connectivity index (χ4v) is 2.83. The van der Waals surface area contributed by atoms with Gasteiger partial charge in [-0.15, -0.1) is 0 Å². The summed E-state index contributed by atoms with van der Waals surface area (Å²) in [6, 6.07) is 8.23. The molecule has 4 nitrogen and oxygen atoms in total. The van der Waals surface area contributed by atoms with Crippen LogP contribution in [0.5, 0.6) is 0 Å². The lowest BCUT2D eigenvalue weighted by Crippen LogP contribution is -2.43. The molecule has 122 valence electrons. The van der Waals surface area contributed by atoms with E-state index in [1.807, 2.05) is 45.0 Å². The van der Waals surface area contributed by atoms with Crippen molar-refractivity contribution in [3.05, 3.63) is 29.3 Å². The van der Waals surface area contributed by atoms with Crippen LogP contribution in [0.25, 0.3) is 0 Å². The smallest absolute Gasteiger partial charge is 0.407 e. The van der Waals surface area contributed by atoms with Crippen LogP contribution in [-0.4, -0.2) is 23.8 Å². The summed E-state index contributed by atoms with van der Waals surface area (Å²) < 4.78 is 5.32. The molecule has 1 aromatic rings. The van der Waals surface area contributed by atoms with Gasteiger partial charge in [-0.1, -0.05) is 11.6 Å². The van der Waals surface area contributed by atoms with E-state index in [2.05, 4.69) is 10.6 Å². The van der Waals surface area contributed by atoms with E-state index < -0.39 is 5.60 Å². The van der Waals surface area contributed by atoms with Gasteiger partial charge in [0.1, 0.15) is 5.60 Å². The number of carbonyl (C=O) groups is 1. The average Bonchev–Trinajstić information content (AvgIpc) is 2.39. The number of alkyl carbamates (subject to hydrolysis) is 1. The Kier molecular flexibility index (Phi) is 5.57. The molecule has 0 saturated heterocycles. The van der Waals surface area contributed by atoms with Crippen LogP contribution < -0.4 is 10.6 Å². The third kappa shape index (κ3) is 5.76. The number of anilines is 1. The van der Waals surface area contributed by atoms with Crippen molar-refractivity contribution in [2.45, 2.75) is 64.1 Å². The van der Waals surface area contributed by atoms with Crippen molar-refractivity contribution in [2.75, 3.05) is 5.32 Å². The molecular formula is C17H25ClN2O2. The molecule has 22 heavy (non-hydrogen) atoms. The highest BCUT2D eigenvalue weighted by Crippen LogP contribution is 2.23. The van der Waals surface area contributed by atoms with E-state index >= 15 is 0 Å². The summed E-state index contributed by atoms with van der Waals surface area (Å²) in [5, 5.41) is 7.22. The fraction of sp³-hybridized carbons (Fsp3) is 0.588. The first kappa shape index (κ1) is 16.9. The van der Waals surface area contributed by atoms with Crippen LogP contribution in [0.3, 0.4) is 0 Å². The van der Waals surface area contributed by atoms with Crippen LogP contribution in [0, 0.1) is 0 Å². The van der Waals surface area contributed by atoms with E-state index in [9.17, 15) is 4.79 Å². The van der Waals surface area contributed by atoms with Crippen LogP contribution in [0.1, 0.15) is 46.5 Å². The zero-order valence-corrected chi connectivity index (χ0v) is 14.2. The monoisotopic (exact) mass is 324 g/mol. The van der Waals surface area contributed by atoms with E-state index in [-0.39, 0.29) is 12.1 Å². The van der Waals surface area contributed by atoms with Crippen molar-refractivity contribution in [3.63, 3.8) is 0 Å². The lowest BCUT2D eigenvalue weighted by molar-refractivity contribution is 0.0492. The van der Waals surface area contributed by atoms with Gasteiger partial charge in [0.2, 0.25) is 0 Å². The van der Waals surface area contributed by atoms with E-state index in [0.717, 1.165) is 36.4 Å². The topological polar surface area (TPSA) is 50.4 Å². The highest BCUT2D eigenvalue weighted by atomic mass is 35.5. The van der Waals surface area contributed by atoms with Gasteiger partial charge in [-0.2, -0.15) is 0 Å². The molecule has 2 unspecified atom stereocenters. The first-order valence-electron chi connectivity index (χ1n) is 7.83. The predicted octanol–water partition coefficient (Wildman–Crippen LogP) is 4.59. The Bertz CT molecular complexity index is 496. The molecule has 2 atom stereocenters. The van der Waals surface area contributed by atoms with E-state index in [1.54, 1.807) is 0 Å². The lowest BCUT2D eigenvalue weighted by Gasteiger charge is -2.31. The molecule has 1 aliphatic carbocycles. The summed E-state index contributed by atoms with van der Waals surface area (Å²) in [4.78, 5) is 11.9. The summed E-state index contributed by atoms with van der Waals surface area (Å²) in [5.74, 6) is 0. The standard InChI is InChI=1S/C17H25ClN2O2/c1-17(2,3)22-16(21)20-15-6-4-5-14(11-15)19-13-9-7-12(18)8-10-13/h7-10,14-15,19H,4-6,11H2,1-3H3,(H,20,21). The number of carbonyl (C=O) groups excluding carboxylic acids is 1. The van der Waals surface area contributed by atoms with Crippen molar-refractivity contribution in [2.24, 2.45) is 0 Å². The van der Waals surface area contributed by atoms with Gasteiger partial charge in [0.05, 0.1) is 0 Å². The van der Waals surface area contributed by atoms with E-state index in [4.69, 9.17) is 16.3 Å². The van der Waals surface area contributed by atoms with Gasteiger partial charge < -0.3 is 15.4 Å². The van der Waals surface area contributed by atoms with Crippen LogP contribution in [0.4, 0.5) is 10.5 Å².